The van der Waals surface area contributed by atoms with Crippen molar-refractivity contribution in [2.24, 2.45) is 5.92 Å². The van der Waals surface area contributed by atoms with Crippen molar-refractivity contribution >= 4 is 29.2 Å². The van der Waals surface area contributed by atoms with Crippen LogP contribution < -0.4 is 4.90 Å². The smallest absolute Gasteiger partial charge is 0.253 e. The van der Waals surface area contributed by atoms with E-state index in [9.17, 15) is 14.0 Å². The van der Waals surface area contributed by atoms with Gasteiger partial charge >= 0.3 is 0 Å². The highest BCUT2D eigenvalue weighted by Gasteiger charge is 2.33. The predicted molar refractivity (Wildman–Crippen MR) is 113 cm³/mol. The second kappa shape index (κ2) is 9.00. The number of amides is 2. The van der Waals surface area contributed by atoms with Gasteiger partial charge in [-0.05, 0) is 49.2 Å². The lowest BCUT2D eigenvalue weighted by molar-refractivity contribution is -0.137. The van der Waals surface area contributed by atoms with Crippen molar-refractivity contribution < 1.29 is 14.0 Å². The summed E-state index contributed by atoms with van der Waals surface area (Å²) in [6.07, 6.45) is 3.20. The Morgan fingerprint density at radius 1 is 0.967 bits per heavy atom. The Hall–Kier alpha value is -2.67. The SMILES string of the molecule is O=C(c1ccc(F)cc1)N1CCCC(C(=O)N2CCN(c3ccc(Cl)cn3)CC2)C1. The van der Waals surface area contributed by atoms with Crippen molar-refractivity contribution in [1.29, 1.82) is 0 Å². The van der Waals surface area contributed by atoms with Crippen LogP contribution >= 0.6 is 11.6 Å². The first-order valence-corrected chi connectivity index (χ1v) is 10.6. The molecule has 2 amide bonds. The van der Waals surface area contributed by atoms with Gasteiger partial charge in [-0.3, -0.25) is 9.59 Å². The molecule has 8 heteroatoms. The topological polar surface area (TPSA) is 56.8 Å². The summed E-state index contributed by atoms with van der Waals surface area (Å²) in [6, 6.07) is 9.26. The van der Waals surface area contributed by atoms with Crippen LogP contribution in [0.15, 0.2) is 42.6 Å². The van der Waals surface area contributed by atoms with E-state index in [0.717, 1.165) is 18.7 Å². The standard InChI is InChI=1S/C22H24ClFN4O2/c23-18-5-8-20(25-14-18)26-10-12-27(13-11-26)22(30)17-2-1-9-28(15-17)21(29)16-3-6-19(24)7-4-16/h3-8,14,17H,1-2,9-13,15H2. The quantitative estimate of drug-likeness (QED) is 0.751. The molecular formula is C22H24ClFN4O2. The molecule has 0 radical (unpaired) electrons. The number of halogens is 2. The van der Waals surface area contributed by atoms with Gasteiger partial charge in [0.05, 0.1) is 10.9 Å². The van der Waals surface area contributed by atoms with Crippen molar-refractivity contribution in [2.75, 3.05) is 44.2 Å². The number of likely N-dealkylation sites (tertiary alicyclic amines) is 1. The Labute approximate surface area is 180 Å². The maximum Gasteiger partial charge on any atom is 0.253 e. The van der Waals surface area contributed by atoms with Gasteiger partial charge in [-0.2, -0.15) is 0 Å². The number of carbonyl (C=O) groups is 2. The third kappa shape index (κ3) is 4.56. The number of pyridine rings is 1. The molecular weight excluding hydrogens is 407 g/mol. The van der Waals surface area contributed by atoms with Crippen LogP contribution in [0.25, 0.3) is 0 Å². The van der Waals surface area contributed by atoms with Crippen molar-refractivity contribution in [1.82, 2.24) is 14.8 Å². The number of carbonyl (C=O) groups excluding carboxylic acids is 2. The zero-order valence-electron chi connectivity index (χ0n) is 16.6. The molecule has 1 unspecified atom stereocenters. The van der Waals surface area contributed by atoms with Crippen molar-refractivity contribution in [3.63, 3.8) is 0 Å². The molecule has 6 nitrogen and oxygen atoms in total. The molecule has 2 aliphatic heterocycles. The van der Waals surface area contributed by atoms with Crippen LogP contribution in [0.2, 0.25) is 5.02 Å². The molecule has 2 saturated heterocycles. The summed E-state index contributed by atoms with van der Waals surface area (Å²) >= 11 is 5.90. The zero-order chi connectivity index (χ0) is 21.1. The van der Waals surface area contributed by atoms with Crippen molar-refractivity contribution in [3.8, 4) is 0 Å². The molecule has 2 fully saturated rings. The first-order chi connectivity index (χ1) is 14.5. The predicted octanol–water partition coefficient (Wildman–Crippen LogP) is 3.08. The molecule has 4 rings (SSSR count). The van der Waals surface area contributed by atoms with Crippen LogP contribution in [0.4, 0.5) is 10.2 Å². The van der Waals surface area contributed by atoms with Gasteiger partial charge in [-0.1, -0.05) is 11.6 Å². The van der Waals surface area contributed by atoms with E-state index in [0.29, 0.717) is 49.9 Å². The molecule has 0 aliphatic carbocycles. The summed E-state index contributed by atoms with van der Waals surface area (Å²) in [5, 5.41) is 0.601. The lowest BCUT2D eigenvalue weighted by atomic mass is 9.95. The van der Waals surface area contributed by atoms with Crippen LogP contribution in [0.5, 0.6) is 0 Å². The number of nitrogens with zero attached hydrogens (tertiary/aromatic N) is 4. The van der Waals surface area contributed by atoms with E-state index in [1.807, 2.05) is 17.0 Å². The Morgan fingerprint density at radius 3 is 2.37 bits per heavy atom. The summed E-state index contributed by atoms with van der Waals surface area (Å²) in [5.41, 5.74) is 0.452. The average molecular weight is 431 g/mol. The first kappa shape index (κ1) is 20.6. The molecule has 0 N–H and O–H groups in total. The van der Waals surface area contributed by atoms with Crippen molar-refractivity contribution in [2.45, 2.75) is 12.8 Å². The Bertz CT molecular complexity index is 898. The molecule has 1 atom stereocenters. The minimum atomic E-state index is -0.369. The van der Waals surface area contributed by atoms with Crippen molar-refractivity contribution in [3.05, 3.63) is 59.0 Å². The second-order valence-electron chi connectivity index (χ2n) is 7.74. The molecule has 158 valence electrons. The zero-order valence-corrected chi connectivity index (χ0v) is 17.4. The van der Waals surface area contributed by atoms with Gasteiger partial charge in [-0.25, -0.2) is 9.37 Å². The number of hydrogen-bond acceptors (Lipinski definition) is 4. The van der Waals surface area contributed by atoms with E-state index < -0.39 is 0 Å². The van der Waals surface area contributed by atoms with Crippen LogP contribution in [0.3, 0.4) is 0 Å². The first-order valence-electron chi connectivity index (χ1n) is 10.2. The number of hydrogen-bond donors (Lipinski definition) is 0. The number of piperidine rings is 1. The molecule has 0 spiro atoms. The van der Waals surface area contributed by atoms with E-state index in [4.69, 9.17) is 11.6 Å². The van der Waals surface area contributed by atoms with E-state index in [2.05, 4.69) is 9.88 Å². The summed E-state index contributed by atoms with van der Waals surface area (Å²) in [4.78, 5) is 35.9. The second-order valence-corrected chi connectivity index (χ2v) is 8.18. The van der Waals surface area contributed by atoms with Gasteiger partial charge in [0.1, 0.15) is 11.6 Å². The maximum atomic E-state index is 13.1. The summed E-state index contributed by atoms with van der Waals surface area (Å²) in [5.74, 6) is 0.260. The lowest BCUT2D eigenvalue weighted by Crippen LogP contribution is -2.53. The maximum absolute atomic E-state index is 13.1. The van der Waals surface area contributed by atoms with E-state index in [1.54, 1.807) is 11.1 Å². The van der Waals surface area contributed by atoms with E-state index in [-0.39, 0.29) is 23.5 Å². The number of benzene rings is 1. The highest BCUT2D eigenvalue weighted by atomic mass is 35.5. The number of anilines is 1. The summed E-state index contributed by atoms with van der Waals surface area (Å²) in [6.45, 7) is 3.72. The molecule has 1 aromatic carbocycles. The van der Waals surface area contributed by atoms with Gasteiger partial charge in [0.15, 0.2) is 0 Å². The number of piperazine rings is 1. The molecule has 0 bridgehead atoms. The Balaban J connectivity index is 1.34. The molecule has 2 aromatic rings. The van der Waals surface area contributed by atoms with Gasteiger partial charge in [0, 0.05) is 51.0 Å². The lowest BCUT2D eigenvalue weighted by Gasteiger charge is -2.39. The fraction of sp³-hybridized carbons (Fsp3) is 0.409. The van der Waals surface area contributed by atoms with E-state index in [1.165, 1.54) is 24.3 Å². The van der Waals surface area contributed by atoms with Gasteiger partial charge in [0.25, 0.3) is 5.91 Å². The third-order valence-electron chi connectivity index (χ3n) is 5.78. The average Bonchev–Trinajstić information content (AvgIpc) is 2.79. The summed E-state index contributed by atoms with van der Waals surface area (Å²) in [7, 11) is 0. The van der Waals surface area contributed by atoms with Crippen LogP contribution in [0.1, 0.15) is 23.2 Å². The van der Waals surface area contributed by atoms with Crippen LogP contribution in [-0.2, 0) is 4.79 Å². The molecule has 3 heterocycles. The van der Waals surface area contributed by atoms with Gasteiger partial charge in [-0.15, -0.1) is 0 Å². The molecule has 30 heavy (non-hydrogen) atoms. The Morgan fingerprint density at radius 2 is 1.70 bits per heavy atom. The van der Waals surface area contributed by atoms with Gasteiger partial charge < -0.3 is 14.7 Å². The fourth-order valence-corrected chi connectivity index (χ4v) is 4.22. The monoisotopic (exact) mass is 430 g/mol. The summed E-state index contributed by atoms with van der Waals surface area (Å²) < 4.78 is 13.1. The Kier molecular flexibility index (Phi) is 6.18. The third-order valence-corrected chi connectivity index (χ3v) is 6.00. The molecule has 2 aliphatic rings. The normalized spacial score (nSPS) is 19.7. The fourth-order valence-electron chi connectivity index (χ4n) is 4.11. The van der Waals surface area contributed by atoms with Crippen LogP contribution in [0, 0.1) is 11.7 Å². The highest BCUT2D eigenvalue weighted by Crippen LogP contribution is 2.23. The largest absolute Gasteiger partial charge is 0.353 e. The number of rotatable bonds is 3. The van der Waals surface area contributed by atoms with Crippen LogP contribution in [-0.4, -0.2) is 65.9 Å². The highest BCUT2D eigenvalue weighted by molar-refractivity contribution is 6.30. The minimum absolute atomic E-state index is 0.107. The number of aromatic nitrogens is 1. The molecule has 1 aromatic heterocycles. The minimum Gasteiger partial charge on any atom is -0.353 e. The van der Waals surface area contributed by atoms with E-state index >= 15 is 0 Å². The molecule has 0 saturated carbocycles. The van der Waals surface area contributed by atoms with Gasteiger partial charge in [0.2, 0.25) is 5.91 Å².